The molecule has 2 rings (SSSR count). The monoisotopic (exact) mass is 231 g/mol. The standard InChI is InChI=1S/C16H25N/c1-11(2)17-10-15-7-8-16(15)14-6-5-12(3)13(4)9-14/h5-6,9,11,15-17H,7-8,10H2,1-4H3. The van der Waals surface area contributed by atoms with Crippen LogP contribution < -0.4 is 5.32 Å². The largest absolute Gasteiger partial charge is 0.314 e. The summed E-state index contributed by atoms with van der Waals surface area (Å²) >= 11 is 0. The summed E-state index contributed by atoms with van der Waals surface area (Å²) in [5.41, 5.74) is 4.39. The van der Waals surface area contributed by atoms with E-state index in [4.69, 9.17) is 0 Å². The Bertz CT molecular complexity index is 381. The second-order valence-corrected chi connectivity index (χ2v) is 5.85. The average Bonchev–Trinajstić information content (AvgIpc) is 2.21. The lowest BCUT2D eigenvalue weighted by Gasteiger charge is -2.38. The summed E-state index contributed by atoms with van der Waals surface area (Å²) in [6, 6.07) is 7.60. The van der Waals surface area contributed by atoms with Crippen LogP contribution in [0.5, 0.6) is 0 Å². The van der Waals surface area contributed by atoms with Gasteiger partial charge in [0.2, 0.25) is 0 Å². The molecule has 1 aliphatic carbocycles. The van der Waals surface area contributed by atoms with Crippen LogP contribution in [0.3, 0.4) is 0 Å². The van der Waals surface area contributed by atoms with E-state index < -0.39 is 0 Å². The first-order valence-corrected chi connectivity index (χ1v) is 6.88. The molecular formula is C16H25N. The normalized spacial score (nSPS) is 23.8. The third-order valence-electron chi connectivity index (χ3n) is 4.16. The maximum absolute atomic E-state index is 3.57. The van der Waals surface area contributed by atoms with E-state index in [9.17, 15) is 0 Å². The molecule has 2 atom stereocenters. The summed E-state index contributed by atoms with van der Waals surface area (Å²) in [5, 5.41) is 3.57. The number of hydrogen-bond donors (Lipinski definition) is 1. The molecule has 0 bridgehead atoms. The Kier molecular flexibility index (Phi) is 3.88. The topological polar surface area (TPSA) is 12.0 Å². The van der Waals surface area contributed by atoms with E-state index in [1.54, 1.807) is 5.56 Å². The Labute approximate surface area is 106 Å². The van der Waals surface area contributed by atoms with Crippen molar-refractivity contribution in [3.63, 3.8) is 0 Å². The molecule has 1 fully saturated rings. The highest BCUT2D eigenvalue weighted by Gasteiger charge is 2.31. The Balaban J connectivity index is 2.00. The Hall–Kier alpha value is -0.820. The second-order valence-electron chi connectivity index (χ2n) is 5.85. The van der Waals surface area contributed by atoms with Gasteiger partial charge in [-0.2, -0.15) is 0 Å². The fraction of sp³-hybridized carbons (Fsp3) is 0.625. The molecule has 17 heavy (non-hydrogen) atoms. The van der Waals surface area contributed by atoms with Crippen LogP contribution in [-0.4, -0.2) is 12.6 Å². The van der Waals surface area contributed by atoms with Gasteiger partial charge in [0.15, 0.2) is 0 Å². The molecule has 2 unspecified atom stereocenters. The van der Waals surface area contributed by atoms with E-state index in [1.807, 2.05) is 0 Å². The van der Waals surface area contributed by atoms with Gasteiger partial charge in [-0.25, -0.2) is 0 Å². The predicted octanol–water partition coefficient (Wildman–Crippen LogP) is 3.80. The smallest absolute Gasteiger partial charge is 0.00104 e. The maximum Gasteiger partial charge on any atom is 0.00104 e. The molecule has 0 amide bonds. The molecule has 1 heteroatoms. The highest BCUT2D eigenvalue weighted by molar-refractivity contribution is 5.33. The summed E-state index contributed by atoms with van der Waals surface area (Å²) in [6.45, 7) is 10.0. The zero-order valence-corrected chi connectivity index (χ0v) is 11.6. The molecule has 1 aromatic carbocycles. The molecule has 1 nitrogen and oxygen atoms in total. The van der Waals surface area contributed by atoms with Gasteiger partial charge in [-0.1, -0.05) is 32.0 Å². The van der Waals surface area contributed by atoms with Gasteiger partial charge < -0.3 is 5.32 Å². The van der Waals surface area contributed by atoms with Crippen LogP contribution in [0.4, 0.5) is 0 Å². The summed E-state index contributed by atoms with van der Waals surface area (Å²) in [5.74, 6) is 1.64. The summed E-state index contributed by atoms with van der Waals surface area (Å²) in [4.78, 5) is 0. The van der Waals surface area contributed by atoms with Crippen molar-refractivity contribution in [1.82, 2.24) is 5.32 Å². The number of hydrogen-bond acceptors (Lipinski definition) is 1. The van der Waals surface area contributed by atoms with E-state index in [2.05, 4.69) is 51.2 Å². The first kappa shape index (κ1) is 12.6. The van der Waals surface area contributed by atoms with Gasteiger partial charge in [-0.15, -0.1) is 0 Å². The van der Waals surface area contributed by atoms with Gasteiger partial charge in [0.1, 0.15) is 0 Å². The maximum atomic E-state index is 3.57. The van der Waals surface area contributed by atoms with Crippen LogP contribution in [0.15, 0.2) is 18.2 Å². The van der Waals surface area contributed by atoms with E-state index in [1.165, 1.54) is 30.5 Å². The Morgan fingerprint density at radius 1 is 1.18 bits per heavy atom. The van der Waals surface area contributed by atoms with Crippen molar-refractivity contribution in [1.29, 1.82) is 0 Å². The molecule has 94 valence electrons. The molecule has 0 heterocycles. The molecule has 1 N–H and O–H groups in total. The minimum atomic E-state index is 0.607. The van der Waals surface area contributed by atoms with Crippen LogP contribution in [-0.2, 0) is 0 Å². The number of aryl methyl sites for hydroxylation is 2. The minimum absolute atomic E-state index is 0.607. The van der Waals surface area contributed by atoms with Crippen molar-refractivity contribution >= 4 is 0 Å². The van der Waals surface area contributed by atoms with E-state index in [0.717, 1.165) is 11.8 Å². The van der Waals surface area contributed by atoms with Gasteiger partial charge >= 0.3 is 0 Å². The first-order valence-electron chi connectivity index (χ1n) is 6.88. The fourth-order valence-electron chi connectivity index (χ4n) is 2.63. The van der Waals surface area contributed by atoms with Crippen LogP contribution in [0.25, 0.3) is 0 Å². The van der Waals surface area contributed by atoms with Gasteiger partial charge in [-0.05, 0) is 61.8 Å². The molecule has 0 spiro atoms. The highest BCUT2D eigenvalue weighted by Crippen LogP contribution is 2.42. The Morgan fingerprint density at radius 2 is 1.94 bits per heavy atom. The van der Waals surface area contributed by atoms with E-state index in [-0.39, 0.29) is 0 Å². The molecule has 1 aromatic rings. The van der Waals surface area contributed by atoms with Gasteiger partial charge in [0, 0.05) is 6.04 Å². The molecule has 1 aliphatic rings. The summed E-state index contributed by atoms with van der Waals surface area (Å²) in [7, 11) is 0. The third kappa shape index (κ3) is 2.90. The summed E-state index contributed by atoms with van der Waals surface area (Å²) in [6.07, 6.45) is 2.75. The highest BCUT2D eigenvalue weighted by atomic mass is 14.9. The quantitative estimate of drug-likeness (QED) is 0.831. The van der Waals surface area contributed by atoms with Crippen LogP contribution >= 0.6 is 0 Å². The van der Waals surface area contributed by atoms with Crippen LogP contribution in [0, 0.1) is 19.8 Å². The summed E-state index contributed by atoms with van der Waals surface area (Å²) < 4.78 is 0. The number of benzene rings is 1. The van der Waals surface area contributed by atoms with Crippen molar-refractivity contribution in [3.05, 3.63) is 34.9 Å². The van der Waals surface area contributed by atoms with Gasteiger partial charge in [0.25, 0.3) is 0 Å². The number of nitrogens with one attached hydrogen (secondary N) is 1. The zero-order chi connectivity index (χ0) is 12.4. The molecular weight excluding hydrogens is 206 g/mol. The average molecular weight is 231 g/mol. The molecule has 0 aromatic heterocycles. The van der Waals surface area contributed by atoms with E-state index >= 15 is 0 Å². The SMILES string of the molecule is Cc1ccc(C2CCC2CNC(C)C)cc1C. The van der Waals surface area contributed by atoms with Crippen LogP contribution in [0.1, 0.15) is 49.3 Å². The lowest BCUT2D eigenvalue weighted by Crippen LogP contribution is -2.36. The zero-order valence-electron chi connectivity index (χ0n) is 11.6. The lowest BCUT2D eigenvalue weighted by atomic mass is 9.69. The molecule has 0 saturated heterocycles. The van der Waals surface area contributed by atoms with Gasteiger partial charge in [0.05, 0.1) is 0 Å². The second kappa shape index (κ2) is 5.22. The Morgan fingerprint density at radius 3 is 2.47 bits per heavy atom. The predicted molar refractivity (Wildman–Crippen MR) is 74.5 cm³/mol. The van der Waals surface area contributed by atoms with E-state index in [0.29, 0.717) is 6.04 Å². The third-order valence-corrected chi connectivity index (χ3v) is 4.16. The minimum Gasteiger partial charge on any atom is -0.314 e. The van der Waals surface area contributed by atoms with Crippen LogP contribution in [0.2, 0.25) is 0 Å². The first-order chi connectivity index (χ1) is 8.08. The number of rotatable bonds is 4. The van der Waals surface area contributed by atoms with Crippen molar-refractivity contribution in [3.8, 4) is 0 Å². The van der Waals surface area contributed by atoms with Crippen molar-refractivity contribution in [2.24, 2.45) is 5.92 Å². The van der Waals surface area contributed by atoms with Crippen molar-refractivity contribution in [2.75, 3.05) is 6.54 Å². The lowest BCUT2D eigenvalue weighted by molar-refractivity contribution is 0.240. The van der Waals surface area contributed by atoms with Crippen molar-refractivity contribution in [2.45, 2.75) is 52.5 Å². The molecule has 1 saturated carbocycles. The molecule has 0 radical (unpaired) electrons. The fourth-order valence-corrected chi connectivity index (χ4v) is 2.63. The molecule has 0 aliphatic heterocycles. The van der Waals surface area contributed by atoms with Crippen molar-refractivity contribution < 1.29 is 0 Å². The van der Waals surface area contributed by atoms with Gasteiger partial charge in [-0.3, -0.25) is 0 Å².